The van der Waals surface area contributed by atoms with Gasteiger partial charge in [0.2, 0.25) is 0 Å². The lowest BCUT2D eigenvalue weighted by atomic mass is 9.98. The average Bonchev–Trinajstić information content (AvgIpc) is 2.93. The first-order valence-corrected chi connectivity index (χ1v) is 12.8. The fraction of sp³-hybridized carbons (Fsp3) is 0.400. The number of likely N-dealkylation sites (tertiary alicyclic amines) is 1. The van der Waals surface area contributed by atoms with Crippen LogP contribution < -0.4 is 5.73 Å². The van der Waals surface area contributed by atoms with Crippen molar-refractivity contribution in [3.63, 3.8) is 0 Å². The third-order valence-corrected chi connectivity index (χ3v) is 7.20. The molecule has 3 N–H and O–H groups in total. The summed E-state index contributed by atoms with van der Waals surface area (Å²) in [4.78, 5) is 2.54. The number of aliphatic hydroxyl groups is 1. The van der Waals surface area contributed by atoms with E-state index >= 15 is 0 Å². The van der Waals surface area contributed by atoms with Crippen LogP contribution in [-0.2, 0) is 22.6 Å². The lowest BCUT2D eigenvalue weighted by molar-refractivity contribution is -0.253. The van der Waals surface area contributed by atoms with E-state index in [4.69, 9.17) is 15.2 Å². The highest BCUT2D eigenvalue weighted by Gasteiger charge is 2.33. The van der Waals surface area contributed by atoms with Gasteiger partial charge in [-0.1, -0.05) is 73.2 Å². The molecule has 2 aliphatic heterocycles. The van der Waals surface area contributed by atoms with Gasteiger partial charge in [0, 0.05) is 25.1 Å². The monoisotopic (exact) mass is 472 g/mol. The summed E-state index contributed by atoms with van der Waals surface area (Å²) in [5.74, 6) is 0. The second-order valence-corrected chi connectivity index (χ2v) is 9.74. The molecule has 3 atom stereocenters. The van der Waals surface area contributed by atoms with E-state index in [1.165, 1.54) is 19.3 Å². The summed E-state index contributed by atoms with van der Waals surface area (Å²) >= 11 is 0. The maximum absolute atomic E-state index is 9.42. The highest BCUT2D eigenvalue weighted by molar-refractivity contribution is 5.64. The molecule has 5 rings (SSSR count). The van der Waals surface area contributed by atoms with E-state index in [1.54, 1.807) is 0 Å². The molecule has 0 saturated carbocycles. The van der Waals surface area contributed by atoms with Gasteiger partial charge in [-0.3, -0.25) is 0 Å². The summed E-state index contributed by atoms with van der Waals surface area (Å²) in [6, 6.07) is 25.0. The average molecular weight is 473 g/mol. The molecular weight excluding hydrogens is 436 g/mol. The number of ether oxygens (including phenoxy) is 2. The van der Waals surface area contributed by atoms with Gasteiger partial charge < -0.3 is 25.2 Å². The van der Waals surface area contributed by atoms with Crippen LogP contribution in [0.4, 0.5) is 0 Å². The molecule has 2 fully saturated rings. The Bertz CT molecular complexity index is 1080. The highest BCUT2D eigenvalue weighted by atomic mass is 16.7. The van der Waals surface area contributed by atoms with Crippen molar-refractivity contribution in [2.45, 2.75) is 57.3 Å². The summed E-state index contributed by atoms with van der Waals surface area (Å²) in [6.07, 6.45) is 4.35. The summed E-state index contributed by atoms with van der Waals surface area (Å²) in [5.41, 5.74) is 12.3. The standard InChI is InChI=1S/C30H36N2O3/c31-19-23-5-4-6-27(17-23)24-11-13-26(14-12-24)30-34-28(20-32-15-2-1-3-16-32)18-29(35-30)25-9-7-22(21-33)8-10-25/h4-14,17,28-30,33H,1-3,15-16,18-21,31H2/t28-,29+,30+/m0/s1. The zero-order valence-corrected chi connectivity index (χ0v) is 20.3. The number of aliphatic hydroxyl groups excluding tert-OH is 1. The highest BCUT2D eigenvalue weighted by Crippen LogP contribution is 2.38. The number of benzene rings is 3. The van der Waals surface area contributed by atoms with Crippen molar-refractivity contribution in [2.75, 3.05) is 19.6 Å². The van der Waals surface area contributed by atoms with Crippen LogP contribution in [0.3, 0.4) is 0 Å². The Labute approximate surface area is 208 Å². The second kappa shape index (κ2) is 11.5. The Hall–Kier alpha value is -2.54. The van der Waals surface area contributed by atoms with Crippen molar-refractivity contribution in [3.05, 3.63) is 95.1 Å². The minimum atomic E-state index is -0.412. The summed E-state index contributed by atoms with van der Waals surface area (Å²) in [7, 11) is 0. The zero-order valence-electron chi connectivity index (χ0n) is 20.3. The number of hydrogen-bond acceptors (Lipinski definition) is 5. The Morgan fingerprint density at radius 1 is 0.800 bits per heavy atom. The van der Waals surface area contributed by atoms with Crippen molar-refractivity contribution in [1.82, 2.24) is 4.90 Å². The number of hydrogen-bond donors (Lipinski definition) is 2. The van der Waals surface area contributed by atoms with Crippen molar-refractivity contribution in [2.24, 2.45) is 5.73 Å². The Morgan fingerprint density at radius 2 is 1.54 bits per heavy atom. The number of piperidine rings is 1. The van der Waals surface area contributed by atoms with Gasteiger partial charge in [-0.2, -0.15) is 0 Å². The molecule has 0 aromatic heterocycles. The molecule has 5 heteroatoms. The van der Waals surface area contributed by atoms with Gasteiger partial charge in [0.05, 0.1) is 18.8 Å². The molecule has 0 radical (unpaired) electrons. The predicted molar refractivity (Wildman–Crippen MR) is 138 cm³/mol. The van der Waals surface area contributed by atoms with Gasteiger partial charge in [-0.25, -0.2) is 0 Å². The van der Waals surface area contributed by atoms with Crippen LogP contribution in [0.2, 0.25) is 0 Å². The maximum Gasteiger partial charge on any atom is 0.184 e. The van der Waals surface area contributed by atoms with Crippen molar-refractivity contribution >= 4 is 0 Å². The van der Waals surface area contributed by atoms with Gasteiger partial charge in [0.1, 0.15) is 0 Å². The van der Waals surface area contributed by atoms with E-state index in [2.05, 4.69) is 65.6 Å². The third kappa shape index (κ3) is 6.00. The maximum atomic E-state index is 9.42. The molecule has 2 saturated heterocycles. The van der Waals surface area contributed by atoms with Crippen LogP contribution >= 0.6 is 0 Å². The van der Waals surface area contributed by atoms with E-state index in [-0.39, 0.29) is 18.8 Å². The normalized spacial score (nSPS) is 23.3. The van der Waals surface area contributed by atoms with E-state index in [0.29, 0.717) is 6.54 Å². The van der Waals surface area contributed by atoms with Crippen molar-refractivity contribution in [1.29, 1.82) is 0 Å². The number of nitrogens with two attached hydrogens (primary N) is 1. The Morgan fingerprint density at radius 3 is 2.26 bits per heavy atom. The van der Waals surface area contributed by atoms with Crippen LogP contribution in [0, 0.1) is 0 Å². The number of rotatable bonds is 7. The van der Waals surface area contributed by atoms with Gasteiger partial charge in [-0.05, 0) is 59.8 Å². The van der Waals surface area contributed by atoms with Gasteiger partial charge >= 0.3 is 0 Å². The lowest BCUT2D eigenvalue weighted by Gasteiger charge is -2.39. The lowest BCUT2D eigenvalue weighted by Crippen LogP contribution is -2.41. The molecule has 3 aromatic carbocycles. The first-order valence-electron chi connectivity index (χ1n) is 12.8. The minimum Gasteiger partial charge on any atom is -0.392 e. The molecule has 35 heavy (non-hydrogen) atoms. The van der Waals surface area contributed by atoms with Crippen LogP contribution in [-0.4, -0.2) is 35.7 Å². The van der Waals surface area contributed by atoms with Crippen LogP contribution in [0.15, 0.2) is 72.8 Å². The summed E-state index contributed by atoms with van der Waals surface area (Å²) in [6.45, 7) is 3.83. The van der Waals surface area contributed by atoms with E-state index in [0.717, 1.165) is 59.4 Å². The fourth-order valence-electron chi connectivity index (χ4n) is 5.17. The molecule has 0 unspecified atom stereocenters. The predicted octanol–water partition coefficient (Wildman–Crippen LogP) is 5.34. The zero-order chi connectivity index (χ0) is 24.0. The SMILES string of the molecule is NCc1cccc(-c2ccc([C@@H]3O[C@H](CN4CCCCC4)C[C@H](c4ccc(CO)cc4)O3)cc2)c1. The molecule has 2 heterocycles. The Kier molecular flexibility index (Phi) is 7.92. The smallest absolute Gasteiger partial charge is 0.184 e. The molecule has 2 aliphatic rings. The molecule has 0 bridgehead atoms. The van der Waals surface area contributed by atoms with Crippen LogP contribution in [0.1, 0.15) is 60.3 Å². The second-order valence-electron chi connectivity index (χ2n) is 9.74. The van der Waals surface area contributed by atoms with Gasteiger partial charge in [0.15, 0.2) is 6.29 Å². The molecular formula is C30H36N2O3. The first-order chi connectivity index (χ1) is 17.2. The van der Waals surface area contributed by atoms with E-state index in [9.17, 15) is 5.11 Å². The number of nitrogens with zero attached hydrogens (tertiary/aromatic N) is 1. The van der Waals surface area contributed by atoms with E-state index < -0.39 is 6.29 Å². The third-order valence-electron chi connectivity index (χ3n) is 7.20. The van der Waals surface area contributed by atoms with Gasteiger partial charge in [-0.15, -0.1) is 0 Å². The molecule has 3 aromatic rings. The minimum absolute atomic E-state index is 0.0443. The van der Waals surface area contributed by atoms with Crippen molar-refractivity contribution < 1.29 is 14.6 Å². The molecule has 5 nitrogen and oxygen atoms in total. The molecule has 0 amide bonds. The molecule has 0 aliphatic carbocycles. The quantitative estimate of drug-likeness (QED) is 0.486. The summed E-state index contributed by atoms with van der Waals surface area (Å²) in [5, 5.41) is 9.42. The summed E-state index contributed by atoms with van der Waals surface area (Å²) < 4.78 is 13.0. The molecule has 184 valence electrons. The Balaban J connectivity index is 1.36. The van der Waals surface area contributed by atoms with Crippen molar-refractivity contribution in [3.8, 4) is 11.1 Å². The molecule has 0 spiro atoms. The fourth-order valence-corrected chi connectivity index (χ4v) is 5.17. The largest absolute Gasteiger partial charge is 0.392 e. The van der Waals surface area contributed by atoms with Crippen LogP contribution in [0.5, 0.6) is 0 Å². The first kappa shape index (κ1) is 24.2. The van der Waals surface area contributed by atoms with Gasteiger partial charge in [0.25, 0.3) is 0 Å². The van der Waals surface area contributed by atoms with Crippen LogP contribution in [0.25, 0.3) is 11.1 Å². The van der Waals surface area contributed by atoms with E-state index in [1.807, 2.05) is 12.1 Å². The topological polar surface area (TPSA) is 68.0 Å².